The Morgan fingerprint density at radius 3 is 2.48 bits per heavy atom. The molecule has 0 bridgehead atoms. The summed E-state index contributed by atoms with van der Waals surface area (Å²) in [7, 11) is -1.86. The van der Waals surface area contributed by atoms with Gasteiger partial charge in [-0.3, -0.25) is 4.79 Å². The molecule has 8 heteroatoms. The summed E-state index contributed by atoms with van der Waals surface area (Å²) < 4.78 is 37.7. The number of nitrogens with zero attached hydrogens (tertiary/aromatic N) is 1. The van der Waals surface area contributed by atoms with Gasteiger partial charge in [-0.2, -0.15) is 4.31 Å². The van der Waals surface area contributed by atoms with E-state index in [0.29, 0.717) is 31.1 Å². The summed E-state index contributed by atoms with van der Waals surface area (Å²) in [6, 6.07) is 13.8. The molecule has 0 spiro atoms. The predicted molar refractivity (Wildman–Crippen MR) is 120 cm³/mol. The van der Waals surface area contributed by atoms with E-state index in [9.17, 15) is 13.2 Å². The molecule has 166 valence electrons. The molecule has 3 rings (SSSR count). The molecule has 0 unspecified atom stereocenters. The van der Waals surface area contributed by atoms with Crippen LogP contribution < -0.4 is 14.8 Å². The fraction of sp³-hybridized carbons (Fsp3) is 0.348. The van der Waals surface area contributed by atoms with Crippen LogP contribution in [0, 0.1) is 0 Å². The maximum absolute atomic E-state index is 12.7. The van der Waals surface area contributed by atoms with Crippen molar-refractivity contribution >= 4 is 22.0 Å². The Morgan fingerprint density at radius 2 is 1.77 bits per heavy atom. The molecule has 1 fully saturated rings. The van der Waals surface area contributed by atoms with Crippen LogP contribution in [0.4, 0.5) is 0 Å². The Labute approximate surface area is 183 Å². The van der Waals surface area contributed by atoms with Crippen molar-refractivity contribution in [2.75, 3.05) is 33.4 Å². The standard InChI is InChI=1S/C23H28N2O5S/c1-29-22-8-4-3-7-19(22)9-14-23(26)24-15-18-30-20-10-12-21(13-11-20)31(27,28)25-16-5-2-6-17-25/h3-4,7-14H,2,5-6,15-18H2,1H3,(H,24,26)/b14-9+. The first-order valence-corrected chi connectivity index (χ1v) is 11.8. The molecule has 0 aliphatic carbocycles. The molecule has 1 saturated heterocycles. The fourth-order valence-electron chi connectivity index (χ4n) is 3.33. The van der Waals surface area contributed by atoms with Crippen LogP contribution in [0.25, 0.3) is 6.08 Å². The summed E-state index contributed by atoms with van der Waals surface area (Å²) in [5, 5.41) is 2.75. The number of hydrogen-bond donors (Lipinski definition) is 1. The first-order chi connectivity index (χ1) is 15.0. The number of carbonyl (C=O) groups is 1. The molecule has 0 aromatic heterocycles. The number of amides is 1. The van der Waals surface area contributed by atoms with Crippen molar-refractivity contribution in [3.8, 4) is 11.5 Å². The molecule has 1 heterocycles. The summed E-state index contributed by atoms with van der Waals surface area (Å²) in [6.45, 7) is 1.74. The largest absolute Gasteiger partial charge is 0.496 e. The Balaban J connectivity index is 1.44. The number of ether oxygens (including phenoxy) is 2. The second kappa shape index (κ2) is 11.0. The maximum Gasteiger partial charge on any atom is 0.244 e. The van der Waals surface area contributed by atoms with Crippen LogP contribution >= 0.6 is 0 Å². The van der Waals surface area contributed by atoms with Crippen molar-refractivity contribution in [2.45, 2.75) is 24.2 Å². The highest BCUT2D eigenvalue weighted by Gasteiger charge is 2.25. The summed E-state index contributed by atoms with van der Waals surface area (Å²) >= 11 is 0. The quantitative estimate of drug-likeness (QED) is 0.475. The van der Waals surface area contributed by atoms with E-state index in [1.807, 2.05) is 24.3 Å². The van der Waals surface area contributed by atoms with Gasteiger partial charge in [0.1, 0.15) is 18.1 Å². The van der Waals surface area contributed by atoms with Gasteiger partial charge in [-0.15, -0.1) is 0 Å². The number of benzene rings is 2. The van der Waals surface area contributed by atoms with Gasteiger partial charge in [-0.05, 0) is 49.2 Å². The molecule has 2 aromatic carbocycles. The number of rotatable bonds is 9. The molecule has 7 nitrogen and oxygen atoms in total. The van der Waals surface area contributed by atoms with Gasteiger partial charge in [-0.25, -0.2) is 8.42 Å². The summed E-state index contributed by atoms with van der Waals surface area (Å²) in [5.41, 5.74) is 0.816. The van der Waals surface area contributed by atoms with Gasteiger partial charge < -0.3 is 14.8 Å². The molecule has 1 aliphatic rings. The van der Waals surface area contributed by atoms with Crippen molar-refractivity contribution in [3.63, 3.8) is 0 Å². The monoisotopic (exact) mass is 444 g/mol. The SMILES string of the molecule is COc1ccccc1/C=C/C(=O)NCCOc1ccc(S(=O)(=O)N2CCCCC2)cc1. The van der Waals surface area contributed by atoms with E-state index in [1.165, 1.54) is 6.08 Å². The summed E-state index contributed by atoms with van der Waals surface area (Å²) in [6.07, 6.45) is 6.01. The Bertz CT molecular complexity index is 997. The lowest BCUT2D eigenvalue weighted by Gasteiger charge is -2.25. The number of carbonyl (C=O) groups excluding carboxylic acids is 1. The summed E-state index contributed by atoms with van der Waals surface area (Å²) in [5.74, 6) is 1.01. The van der Waals surface area contributed by atoms with Gasteiger partial charge in [0, 0.05) is 24.7 Å². The van der Waals surface area contributed by atoms with Crippen LogP contribution in [0.5, 0.6) is 11.5 Å². The average molecular weight is 445 g/mol. The smallest absolute Gasteiger partial charge is 0.244 e. The average Bonchev–Trinajstić information content (AvgIpc) is 2.81. The maximum atomic E-state index is 12.7. The second-order valence-electron chi connectivity index (χ2n) is 7.15. The van der Waals surface area contributed by atoms with Crippen molar-refractivity contribution in [1.29, 1.82) is 0 Å². The molecule has 2 aromatic rings. The molecule has 1 amide bonds. The van der Waals surface area contributed by atoms with Crippen LogP contribution in [-0.4, -0.2) is 52.0 Å². The Kier molecular flexibility index (Phi) is 8.08. The van der Waals surface area contributed by atoms with E-state index in [0.717, 1.165) is 24.8 Å². The second-order valence-corrected chi connectivity index (χ2v) is 9.09. The minimum Gasteiger partial charge on any atom is -0.496 e. The van der Waals surface area contributed by atoms with Crippen LogP contribution in [0.2, 0.25) is 0 Å². The van der Waals surface area contributed by atoms with Crippen molar-refractivity contribution in [3.05, 3.63) is 60.2 Å². The number of methoxy groups -OCH3 is 1. The van der Waals surface area contributed by atoms with E-state index in [4.69, 9.17) is 9.47 Å². The van der Waals surface area contributed by atoms with Crippen LogP contribution in [0.3, 0.4) is 0 Å². The predicted octanol–water partition coefficient (Wildman–Crippen LogP) is 3.08. The number of nitrogens with one attached hydrogen (secondary N) is 1. The van der Waals surface area contributed by atoms with E-state index < -0.39 is 10.0 Å². The Hall–Kier alpha value is -2.84. The number of sulfonamides is 1. The van der Waals surface area contributed by atoms with E-state index in [2.05, 4.69) is 5.32 Å². The topological polar surface area (TPSA) is 84.9 Å². The van der Waals surface area contributed by atoms with Gasteiger partial charge in [0.2, 0.25) is 15.9 Å². The lowest BCUT2D eigenvalue weighted by Crippen LogP contribution is -2.35. The zero-order valence-electron chi connectivity index (χ0n) is 17.6. The number of hydrogen-bond acceptors (Lipinski definition) is 5. The van der Waals surface area contributed by atoms with Gasteiger partial charge >= 0.3 is 0 Å². The minimum absolute atomic E-state index is 0.238. The zero-order chi connectivity index (χ0) is 22.1. The first kappa shape index (κ1) is 22.8. The highest BCUT2D eigenvalue weighted by molar-refractivity contribution is 7.89. The molecule has 31 heavy (non-hydrogen) atoms. The van der Waals surface area contributed by atoms with Gasteiger partial charge in [0.25, 0.3) is 0 Å². The fourth-order valence-corrected chi connectivity index (χ4v) is 4.85. The first-order valence-electron chi connectivity index (χ1n) is 10.3. The third-order valence-electron chi connectivity index (χ3n) is 5.00. The van der Waals surface area contributed by atoms with Crippen LogP contribution in [0.15, 0.2) is 59.5 Å². The van der Waals surface area contributed by atoms with E-state index in [1.54, 1.807) is 41.8 Å². The van der Waals surface area contributed by atoms with Crippen molar-refractivity contribution < 1.29 is 22.7 Å². The zero-order valence-corrected chi connectivity index (χ0v) is 18.4. The molecule has 0 atom stereocenters. The molecule has 0 radical (unpaired) electrons. The lowest BCUT2D eigenvalue weighted by molar-refractivity contribution is -0.116. The van der Waals surface area contributed by atoms with Crippen LogP contribution in [-0.2, 0) is 14.8 Å². The Morgan fingerprint density at radius 1 is 1.06 bits per heavy atom. The molecular formula is C23H28N2O5S. The van der Waals surface area contributed by atoms with Crippen molar-refractivity contribution in [2.24, 2.45) is 0 Å². The van der Waals surface area contributed by atoms with Crippen LogP contribution in [0.1, 0.15) is 24.8 Å². The summed E-state index contributed by atoms with van der Waals surface area (Å²) in [4.78, 5) is 12.2. The molecule has 0 saturated carbocycles. The van der Waals surface area contributed by atoms with Gasteiger partial charge in [0.15, 0.2) is 0 Å². The van der Waals surface area contributed by atoms with Gasteiger partial charge in [0.05, 0.1) is 18.6 Å². The lowest BCUT2D eigenvalue weighted by atomic mass is 10.2. The molecular weight excluding hydrogens is 416 g/mol. The number of piperidine rings is 1. The van der Waals surface area contributed by atoms with E-state index in [-0.39, 0.29) is 17.4 Å². The van der Waals surface area contributed by atoms with Gasteiger partial charge in [-0.1, -0.05) is 24.6 Å². The van der Waals surface area contributed by atoms with E-state index >= 15 is 0 Å². The molecule has 1 N–H and O–H groups in total. The normalized spacial score (nSPS) is 15.0. The highest BCUT2D eigenvalue weighted by Crippen LogP contribution is 2.22. The molecule has 1 aliphatic heterocycles. The third kappa shape index (κ3) is 6.32. The number of para-hydroxylation sites is 1. The van der Waals surface area contributed by atoms with Crippen molar-refractivity contribution in [1.82, 2.24) is 9.62 Å². The highest BCUT2D eigenvalue weighted by atomic mass is 32.2. The third-order valence-corrected chi connectivity index (χ3v) is 6.91. The minimum atomic E-state index is -3.45.